The Hall–Kier alpha value is -2.54. The molecule has 2 aromatic rings. The van der Waals surface area contributed by atoms with E-state index in [0.717, 1.165) is 5.69 Å². The van der Waals surface area contributed by atoms with Crippen molar-refractivity contribution in [1.29, 1.82) is 0 Å². The Morgan fingerprint density at radius 2 is 2.09 bits per heavy atom. The lowest BCUT2D eigenvalue weighted by Gasteiger charge is -2.21. The molecule has 3 rings (SSSR count). The summed E-state index contributed by atoms with van der Waals surface area (Å²) < 4.78 is 5.27. The number of nitro benzene ring substituents is 1. The lowest BCUT2D eigenvalue weighted by Crippen LogP contribution is -2.28. The smallest absolute Gasteiger partial charge is 0.270 e. The lowest BCUT2D eigenvalue weighted by atomic mass is 9.99. The number of aromatic nitrogens is 1. The minimum atomic E-state index is -0.455. The Labute approximate surface area is 132 Å². The number of rotatable bonds is 3. The molecule has 1 amide bonds. The number of carbonyl (C=O) groups is 1. The van der Waals surface area contributed by atoms with Crippen LogP contribution in [0.1, 0.15) is 18.5 Å². The zero-order valence-corrected chi connectivity index (χ0v) is 12.7. The van der Waals surface area contributed by atoms with Gasteiger partial charge in [0.2, 0.25) is 5.91 Å². The largest absolute Gasteiger partial charge is 0.381 e. The first kappa shape index (κ1) is 15.4. The fourth-order valence-electron chi connectivity index (χ4n) is 2.76. The minimum absolute atomic E-state index is 0.0234. The average Bonchev–Trinajstić information content (AvgIpc) is 2.55. The monoisotopic (exact) mass is 315 g/mol. The van der Waals surface area contributed by atoms with Crippen LogP contribution in [0.25, 0.3) is 10.9 Å². The number of amides is 1. The number of nitrogens with one attached hydrogen (secondary N) is 1. The van der Waals surface area contributed by atoms with Crippen molar-refractivity contribution in [3.8, 4) is 0 Å². The van der Waals surface area contributed by atoms with Crippen molar-refractivity contribution in [2.45, 2.75) is 19.8 Å². The molecule has 7 heteroatoms. The van der Waals surface area contributed by atoms with Crippen LogP contribution < -0.4 is 5.32 Å². The van der Waals surface area contributed by atoms with Gasteiger partial charge in [-0.2, -0.15) is 0 Å². The third kappa shape index (κ3) is 3.29. The van der Waals surface area contributed by atoms with E-state index in [1.807, 2.05) is 6.92 Å². The molecule has 1 aromatic carbocycles. The summed E-state index contributed by atoms with van der Waals surface area (Å²) in [6, 6.07) is 6.20. The van der Waals surface area contributed by atoms with Crippen LogP contribution in [-0.2, 0) is 9.53 Å². The van der Waals surface area contributed by atoms with Crippen molar-refractivity contribution in [3.63, 3.8) is 0 Å². The first-order valence-corrected chi connectivity index (χ1v) is 7.49. The highest BCUT2D eigenvalue weighted by atomic mass is 16.6. The quantitative estimate of drug-likeness (QED) is 0.694. The van der Waals surface area contributed by atoms with E-state index in [0.29, 0.717) is 42.6 Å². The molecule has 0 radical (unpaired) electrons. The number of fused-ring (bicyclic) bond motifs is 1. The second-order valence-corrected chi connectivity index (χ2v) is 5.65. The van der Waals surface area contributed by atoms with Crippen molar-refractivity contribution in [1.82, 2.24) is 4.98 Å². The van der Waals surface area contributed by atoms with E-state index < -0.39 is 4.92 Å². The van der Waals surface area contributed by atoms with Gasteiger partial charge in [-0.1, -0.05) is 0 Å². The number of pyridine rings is 1. The van der Waals surface area contributed by atoms with E-state index in [1.54, 1.807) is 12.1 Å². The molecule has 1 aliphatic heterocycles. The van der Waals surface area contributed by atoms with E-state index in [9.17, 15) is 14.9 Å². The summed E-state index contributed by atoms with van der Waals surface area (Å²) in [7, 11) is 0. The molecule has 23 heavy (non-hydrogen) atoms. The van der Waals surface area contributed by atoms with Gasteiger partial charge in [-0.15, -0.1) is 0 Å². The average molecular weight is 315 g/mol. The van der Waals surface area contributed by atoms with Gasteiger partial charge in [0.25, 0.3) is 5.69 Å². The van der Waals surface area contributed by atoms with E-state index in [2.05, 4.69) is 10.3 Å². The fourth-order valence-corrected chi connectivity index (χ4v) is 2.76. The van der Waals surface area contributed by atoms with Gasteiger partial charge in [-0.3, -0.25) is 19.9 Å². The van der Waals surface area contributed by atoms with Crippen molar-refractivity contribution in [3.05, 3.63) is 40.1 Å². The highest BCUT2D eigenvalue weighted by Gasteiger charge is 2.22. The number of aryl methyl sites for hydroxylation is 1. The SMILES string of the molecule is Cc1cc(NC(=O)C2CCOCC2)c2cc([N+](=O)[O-])ccc2n1. The molecule has 0 atom stereocenters. The van der Waals surface area contributed by atoms with E-state index in [4.69, 9.17) is 4.74 Å². The molecule has 1 aromatic heterocycles. The fraction of sp³-hybridized carbons (Fsp3) is 0.375. The maximum Gasteiger partial charge on any atom is 0.270 e. The van der Waals surface area contributed by atoms with Crippen molar-refractivity contribution >= 4 is 28.2 Å². The molecule has 1 N–H and O–H groups in total. The summed E-state index contributed by atoms with van der Waals surface area (Å²) >= 11 is 0. The number of carbonyl (C=O) groups excluding carboxylic acids is 1. The zero-order valence-electron chi connectivity index (χ0n) is 12.7. The molecular weight excluding hydrogens is 298 g/mol. The number of non-ortho nitro benzene ring substituents is 1. The van der Waals surface area contributed by atoms with Crippen molar-refractivity contribution < 1.29 is 14.5 Å². The second kappa shape index (κ2) is 6.29. The zero-order chi connectivity index (χ0) is 16.4. The molecule has 1 fully saturated rings. The molecule has 1 aliphatic rings. The van der Waals surface area contributed by atoms with Gasteiger partial charge < -0.3 is 10.1 Å². The topological polar surface area (TPSA) is 94.4 Å². The van der Waals surface area contributed by atoms with Crippen LogP contribution in [0.3, 0.4) is 0 Å². The van der Waals surface area contributed by atoms with Gasteiger partial charge in [-0.25, -0.2) is 0 Å². The molecule has 0 saturated carbocycles. The lowest BCUT2D eigenvalue weighted by molar-refractivity contribution is -0.384. The summed E-state index contributed by atoms with van der Waals surface area (Å²) in [6.07, 6.45) is 1.38. The first-order valence-electron chi connectivity index (χ1n) is 7.49. The molecule has 0 aliphatic carbocycles. The normalized spacial score (nSPS) is 15.5. The summed E-state index contributed by atoms with van der Waals surface area (Å²) in [5, 5.41) is 14.5. The van der Waals surface area contributed by atoms with Crippen LogP contribution in [0.2, 0.25) is 0 Å². The Bertz CT molecular complexity index is 769. The van der Waals surface area contributed by atoms with Crippen molar-refractivity contribution in [2.75, 3.05) is 18.5 Å². The van der Waals surface area contributed by atoms with Gasteiger partial charge >= 0.3 is 0 Å². The number of nitrogens with zero attached hydrogens (tertiary/aromatic N) is 2. The second-order valence-electron chi connectivity index (χ2n) is 5.65. The van der Waals surface area contributed by atoms with E-state index in [1.165, 1.54) is 12.1 Å². The Kier molecular flexibility index (Phi) is 4.20. The number of anilines is 1. The van der Waals surface area contributed by atoms with Crippen LogP contribution in [0.5, 0.6) is 0 Å². The standard InChI is InChI=1S/C16H17N3O4/c1-10-8-15(18-16(20)11-4-6-23-7-5-11)13-9-12(19(21)22)2-3-14(13)17-10/h2-3,8-9,11H,4-7H2,1H3,(H,17,18,20). The van der Waals surface area contributed by atoms with E-state index in [-0.39, 0.29) is 17.5 Å². The Balaban J connectivity index is 1.96. The van der Waals surface area contributed by atoms with Crippen LogP contribution in [-0.4, -0.2) is 29.0 Å². The predicted molar refractivity (Wildman–Crippen MR) is 85.3 cm³/mol. The third-order valence-electron chi connectivity index (χ3n) is 3.98. The molecule has 0 spiro atoms. The molecule has 2 heterocycles. The maximum absolute atomic E-state index is 12.4. The molecule has 0 bridgehead atoms. The maximum atomic E-state index is 12.4. The number of benzene rings is 1. The van der Waals surface area contributed by atoms with Gasteiger partial charge in [0.15, 0.2) is 0 Å². The Morgan fingerprint density at radius 1 is 1.35 bits per heavy atom. The highest BCUT2D eigenvalue weighted by molar-refractivity contribution is 6.02. The molecular formula is C16H17N3O4. The van der Waals surface area contributed by atoms with Crippen LogP contribution in [0, 0.1) is 23.0 Å². The summed E-state index contributed by atoms with van der Waals surface area (Å²) in [4.78, 5) is 27.3. The highest BCUT2D eigenvalue weighted by Crippen LogP contribution is 2.28. The number of ether oxygens (including phenoxy) is 1. The first-order chi connectivity index (χ1) is 11.0. The van der Waals surface area contributed by atoms with Gasteiger partial charge in [0.1, 0.15) is 0 Å². The van der Waals surface area contributed by atoms with Gasteiger partial charge in [-0.05, 0) is 31.9 Å². The number of hydrogen-bond acceptors (Lipinski definition) is 5. The summed E-state index contributed by atoms with van der Waals surface area (Å²) in [5.74, 6) is -0.169. The molecule has 7 nitrogen and oxygen atoms in total. The van der Waals surface area contributed by atoms with E-state index >= 15 is 0 Å². The minimum Gasteiger partial charge on any atom is -0.381 e. The number of nitro groups is 1. The third-order valence-corrected chi connectivity index (χ3v) is 3.98. The van der Waals surface area contributed by atoms with Crippen LogP contribution in [0.15, 0.2) is 24.3 Å². The molecule has 0 unspecified atom stereocenters. The molecule has 1 saturated heterocycles. The Morgan fingerprint density at radius 3 is 2.78 bits per heavy atom. The van der Waals surface area contributed by atoms with Crippen molar-refractivity contribution in [2.24, 2.45) is 5.92 Å². The van der Waals surface area contributed by atoms with Crippen LogP contribution >= 0.6 is 0 Å². The summed E-state index contributed by atoms with van der Waals surface area (Å²) in [5.41, 5.74) is 1.91. The predicted octanol–water partition coefficient (Wildman–Crippen LogP) is 2.82. The van der Waals surface area contributed by atoms with Crippen LogP contribution in [0.4, 0.5) is 11.4 Å². The van der Waals surface area contributed by atoms with Gasteiger partial charge in [0, 0.05) is 42.3 Å². The summed E-state index contributed by atoms with van der Waals surface area (Å²) in [6.45, 7) is 2.99. The number of hydrogen-bond donors (Lipinski definition) is 1. The molecule has 120 valence electrons. The van der Waals surface area contributed by atoms with Gasteiger partial charge in [0.05, 0.1) is 16.1 Å².